The van der Waals surface area contributed by atoms with Crippen LogP contribution in [-0.4, -0.2) is 0 Å². The Kier molecular flexibility index (Phi) is 8.87. The van der Waals surface area contributed by atoms with Gasteiger partial charge in [0.1, 0.15) is 45.4 Å². The van der Waals surface area contributed by atoms with E-state index in [2.05, 4.69) is 11.3 Å². The fourth-order valence-corrected chi connectivity index (χ4v) is 4.07. The largest absolute Gasteiger partial charge is 0.432 e. The second-order valence-corrected chi connectivity index (χ2v) is 9.21. The van der Waals surface area contributed by atoms with Crippen LogP contribution < -0.4 is 4.74 Å². The lowest BCUT2D eigenvalue weighted by molar-refractivity contribution is -0.189. The van der Waals surface area contributed by atoms with E-state index in [1.807, 2.05) is 0 Å². The lowest BCUT2D eigenvalue weighted by Crippen LogP contribution is -2.25. The molecule has 0 aromatic heterocycles. The first kappa shape index (κ1) is 29.9. The topological polar surface area (TPSA) is 9.23 Å². The van der Waals surface area contributed by atoms with E-state index in [4.69, 9.17) is 11.6 Å². The first-order valence-corrected chi connectivity index (χ1v) is 12.4. The number of hydrogen-bond donors (Lipinski definition) is 0. The van der Waals surface area contributed by atoms with Crippen molar-refractivity contribution in [2.75, 3.05) is 0 Å². The zero-order chi connectivity index (χ0) is 29.9. The smallest absolute Gasteiger partial charge is 0.429 e. The van der Waals surface area contributed by atoms with Crippen LogP contribution in [0.3, 0.4) is 0 Å². The third kappa shape index (κ3) is 6.62. The predicted molar refractivity (Wildman–Crippen MR) is 142 cm³/mol. The molecule has 1 nitrogen and oxygen atoms in total. The Labute approximate surface area is 235 Å². The van der Waals surface area contributed by atoms with E-state index in [9.17, 15) is 35.1 Å². The first-order chi connectivity index (χ1) is 19.4. The van der Waals surface area contributed by atoms with Crippen molar-refractivity contribution < 1.29 is 39.9 Å². The van der Waals surface area contributed by atoms with Crippen molar-refractivity contribution >= 4 is 17.4 Å². The molecule has 0 heterocycles. The van der Waals surface area contributed by atoms with Crippen molar-refractivity contribution in [3.05, 3.63) is 131 Å². The van der Waals surface area contributed by atoms with Gasteiger partial charge in [0.25, 0.3) is 0 Å². The molecule has 0 fully saturated rings. The third-order valence-corrected chi connectivity index (χ3v) is 6.39. The maximum atomic E-state index is 14.9. The molecule has 0 bridgehead atoms. The van der Waals surface area contributed by atoms with Crippen molar-refractivity contribution in [1.82, 2.24) is 0 Å². The second-order valence-electron chi connectivity index (χ2n) is 8.84. The lowest BCUT2D eigenvalue weighted by atomic mass is 10.0. The van der Waals surface area contributed by atoms with Crippen LogP contribution in [0.15, 0.2) is 91.3 Å². The van der Waals surface area contributed by atoms with Crippen molar-refractivity contribution in [2.45, 2.75) is 19.0 Å². The molecule has 4 rings (SSSR count). The van der Waals surface area contributed by atoms with Gasteiger partial charge in [-0.25, -0.2) is 26.3 Å². The minimum atomic E-state index is -4.45. The first-order valence-electron chi connectivity index (χ1n) is 12.0. The molecule has 4 aromatic rings. The quantitative estimate of drug-likeness (QED) is 0.106. The fourth-order valence-electron chi connectivity index (χ4n) is 3.96. The van der Waals surface area contributed by atoms with Crippen LogP contribution in [0.2, 0.25) is 5.02 Å². The molecule has 0 atom stereocenters. The Bertz CT molecular complexity index is 1570. The number of ether oxygens (including phenoxy) is 1. The summed E-state index contributed by atoms with van der Waals surface area (Å²) in [4.78, 5) is 0. The molecule has 4 aromatic carbocycles. The summed E-state index contributed by atoms with van der Waals surface area (Å²) >= 11 is 5.46. The van der Waals surface area contributed by atoms with Gasteiger partial charge in [0.15, 0.2) is 5.83 Å². The summed E-state index contributed by atoms with van der Waals surface area (Å²) in [7, 11) is 0. The van der Waals surface area contributed by atoms with E-state index < -0.39 is 57.4 Å². The molecular formula is C31H19ClF8O. The lowest BCUT2D eigenvalue weighted by Gasteiger charge is -2.20. The third-order valence-electron chi connectivity index (χ3n) is 6.03. The van der Waals surface area contributed by atoms with E-state index in [1.54, 1.807) is 0 Å². The highest BCUT2D eigenvalue weighted by Crippen LogP contribution is 2.38. The Hall–Kier alpha value is -4.11. The summed E-state index contributed by atoms with van der Waals surface area (Å²) in [5.41, 5.74) is -1.42. The molecule has 0 aliphatic carbocycles. The molecule has 0 saturated carbocycles. The molecule has 10 heteroatoms. The summed E-state index contributed by atoms with van der Waals surface area (Å²) in [5, 5.41) is -0.697. The summed E-state index contributed by atoms with van der Waals surface area (Å²) in [6, 6.07) is 12.6. The minimum absolute atomic E-state index is 0.0695. The molecule has 0 aliphatic heterocycles. The predicted octanol–water partition coefficient (Wildman–Crippen LogP) is 10.9. The van der Waals surface area contributed by atoms with Gasteiger partial charge < -0.3 is 4.74 Å². The van der Waals surface area contributed by atoms with Crippen molar-refractivity contribution in [3.63, 3.8) is 0 Å². The molecule has 0 amide bonds. The maximum Gasteiger partial charge on any atom is 0.432 e. The fraction of sp³-hybridized carbons (Fsp3) is 0.0968. The van der Waals surface area contributed by atoms with E-state index in [0.29, 0.717) is 12.1 Å². The van der Waals surface area contributed by atoms with Gasteiger partial charge in [-0.05, 0) is 65.1 Å². The molecule has 0 aliphatic rings. The Balaban J connectivity index is 1.55. The van der Waals surface area contributed by atoms with Crippen LogP contribution in [0.4, 0.5) is 35.1 Å². The molecular weight excluding hydrogens is 576 g/mol. The van der Waals surface area contributed by atoms with Crippen LogP contribution in [0, 0.1) is 23.3 Å². The highest BCUT2D eigenvalue weighted by Gasteiger charge is 2.41. The van der Waals surface area contributed by atoms with Gasteiger partial charge in [-0.2, -0.15) is 8.78 Å². The van der Waals surface area contributed by atoms with Crippen LogP contribution in [0.5, 0.6) is 5.75 Å². The van der Waals surface area contributed by atoms with Gasteiger partial charge in [0, 0.05) is 12.0 Å². The minimum Gasteiger partial charge on any atom is -0.429 e. The number of halogens is 9. The van der Waals surface area contributed by atoms with Crippen LogP contribution in [0.25, 0.3) is 28.1 Å². The van der Waals surface area contributed by atoms with Gasteiger partial charge in [0.2, 0.25) is 0 Å². The van der Waals surface area contributed by atoms with Crippen LogP contribution in [-0.2, 0) is 6.11 Å². The molecule has 212 valence electrons. The summed E-state index contributed by atoms with van der Waals surface area (Å²) in [6.07, 6.45) is -2.97. The zero-order valence-corrected chi connectivity index (χ0v) is 21.7. The number of alkyl halides is 2. The van der Waals surface area contributed by atoms with E-state index >= 15 is 0 Å². The standard InChI is InChI=1S/C31H19ClF8O/c1-2-3-4-23(33)30(38)19-7-5-17(6-8-19)20-13-24(34)28(25(35)14-20)31(39,40)41-22-11-9-18(10-12-22)21-15-26(36)29(32)27(37)16-21/h2,5-16H,1,3-4H2. The summed E-state index contributed by atoms with van der Waals surface area (Å²) in [6.45, 7) is 3.43. The highest BCUT2D eigenvalue weighted by atomic mass is 35.5. The number of hydrogen-bond acceptors (Lipinski definition) is 1. The molecule has 41 heavy (non-hydrogen) atoms. The number of rotatable bonds is 9. The highest BCUT2D eigenvalue weighted by molar-refractivity contribution is 6.31. The van der Waals surface area contributed by atoms with Gasteiger partial charge in [-0.1, -0.05) is 54.1 Å². The average molecular weight is 595 g/mol. The molecule has 0 saturated heterocycles. The average Bonchev–Trinajstić information content (AvgIpc) is 2.93. The summed E-state index contributed by atoms with van der Waals surface area (Å²) in [5.74, 6) is -7.82. The van der Waals surface area contributed by atoms with Crippen molar-refractivity contribution in [2.24, 2.45) is 0 Å². The van der Waals surface area contributed by atoms with Gasteiger partial charge in [0.05, 0.1) is 0 Å². The molecule has 0 N–H and O–H groups in total. The summed E-state index contributed by atoms with van der Waals surface area (Å²) < 4.78 is 120. The van der Waals surface area contributed by atoms with E-state index in [-0.39, 0.29) is 40.7 Å². The Morgan fingerprint density at radius 1 is 0.732 bits per heavy atom. The van der Waals surface area contributed by atoms with E-state index in [0.717, 1.165) is 24.3 Å². The van der Waals surface area contributed by atoms with Gasteiger partial charge in [-0.15, -0.1) is 6.58 Å². The van der Waals surface area contributed by atoms with Crippen molar-refractivity contribution in [1.29, 1.82) is 0 Å². The maximum absolute atomic E-state index is 14.9. The monoisotopic (exact) mass is 594 g/mol. The van der Waals surface area contributed by atoms with Crippen LogP contribution >= 0.6 is 11.6 Å². The normalized spacial score (nSPS) is 12.2. The van der Waals surface area contributed by atoms with Gasteiger partial charge in [-0.3, -0.25) is 0 Å². The molecule has 0 radical (unpaired) electrons. The van der Waals surface area contributed by atoms with Crippen molar-refractivity contribution in [3.8, 4) is 28.0 Å². The van der Waals surface area contributed by atoms with E-state index in [1.165, 1.54) is 42.5 Å². The SMILES string of the molecule is C=CCCC(F)=C(F)c1ccc(-c2cc(F)c(C(F)(F)Oc3ccc(-c4cc(F)c(Cl)c(F)c4)cc3)c(F)c2)cc1. The zero-order valence-electron chi connectivity index (χ0n) is 20.9. The van der Waals surface area contributed by atoms with Crippen LogP contribution in [0.1, 0.15) is 24.0 Å². The Morgan fingerprint density at radius 3 is 1.68 bits per heavy atom. The second kappa shape index (κ2) is 12.2. The molecule has 0 spiro atoms. The molecule has 0 unspecified atom stereocenters. The van der Waals surface area contributed by atoms with Gasteiger partial charge >= 0.3 is 6.11 Å². The Morgan fingerprint density at radius 2 is 1.20 bits per heavy atom. The number of benzene rings is 4. The number of allylic oxidation sites excluding steroid dienone is 2.